The molecular weight excluding hydrogens is 458 g/mol. The number of hydrogen-bond donors (Lipinski definition) is 2. The molecule has 2 heterocycles. The molecule has 0 unspecified atom stereocenters. The fourth-order valence-electron chi connectivity index (χ4n) is 4.63. The summed E-state index contributed by atoms with van der Waals surface area (Å²) >= 11 is 0. The van der Waals surface area contributed by atoms with Gasteiger partial charge >= 0.3 is 5.69 Å². The second kappa shape index (κ2) is 10.2. The molecule has 1 aliphatic heterocycles. The van der Waals surface area contributed by atoms with Gasteiger partial charge in [0, 0.05) is 30.9 Å². The largest absolute Gasteiger partial charge is 0.384 e. The molecule has 0 saturated carbocycles. The van der Waals surface area contributed by atoms with Crippen LogP contribution in [0.5, 0.6) is 0 Å². The average molecular weight is 490 g/mol. The van der Waals surface area contributed by atoms with Gasteiger partial charge in [-0.15, -0.1) is 0 Å². The summed E-state index contributed by atoms with van der Waals surface area (Å²) < 4.78 is 2.17. The summed E-state index contributed by atoms with van der Waals surface area (Å²) in [6.45, 7) is 4.45. The number of nitrogens with zero attached hydrogens (tertiary/aromatic N) is 3. The second-order valence-electron chi connectivity index (χ2n) is 9.36. The number of fused-ring (bicyclic) bond motifs is 1. The normalized spacial score (nSPS) is 12.9. The summed E-state index contributed by atoms with van der Waals surface area (Å²) in [7, 11) is 1.35. The first-order chi connectivity index (χ1) is 17.2. The number of nitrogens with two attached hydrogens (primary N) is 1. The first-order valence-corrected chi connectivity index (χ1v) is 12.0. The molecule has 36 heavy (non-hydrogen) atoms. The van der Waals surface area contributed by atoms with E-state index in [1.54, 1.807) is 12.1 Å². The number of Topliss-reactive ketones (excluding diaryl/α,β-unsaturated/α-hetero) is 1. The molecule has 9 nitrogen and oxygen atoms in total. The van der Waals surface area contributed by atoms with Crippen molar-refractivity contribution in [3.63, 3.8) is 0 Å². The standard InChI is InChI=1S/C27H31N5O4/c1-17(2)29-25(34)20-11-7-13-21-19(20)12-8-14-31(21)16-22(33)23-24(28)32(27(36)30(3)26(23)35)15-18-9-5-4-6-10-18/h4-7,9-11,13,17H,8,12,14-16,28H2,1-3H3,(H,29,34). The van der Waals surface area contributed by atoms with Gasteiger partial charge in [-0.3, -0.25) is 23.5 Å². The number of rotatable bonds is 7. The summed E-state index contributed by atoms with van der Waals surface area (Å²) in [6, 6.07) is 14.7. The van der Waals surface area contributed by atoms with Crippen LogP contribution in [-0.4, -0.2) is 40.0 Å². The molecule has 9 heteroatoms. The van der Waals surface area contributed by atoms with Crippen molar-refractivity contribution in [2.75, 3.05) is 23.7 Å². The van der Waals surface area contributed by atoms with Crippen molar-refractivity contribution in [2.45, 2.75) is 39.3 Å². The smallest absolute Gasteiger partial charge is 0.332 e. The minimum absolute atomic E-state index is 0.000357. The maximum absolute atomic E-state index is 13.5. The van der Waals surface area contributed by atoms with Gasteiger partial charge in [0.25, 0.3) is 11.5 Å². The summed E-state index contributed by atoms with van der Waals surface area (Å²) in [6.07, 6.45) is 1.47. The molecule has 3 aromatic rings. The Morgan fingerprint density at radius 3 is 2.47 bits per heavy atom. The summed E-state index contributed by atoms with van der Waals surface area (Å²) in [4.78, 5) is 53.8. The molecule has 0 spiro atoms. The predicted molar refractivity (Wildman–Crippen MR) is 140 cm³/mol. The van der Waals surface area contributed by atoms with Crippen molar-refractivity contribution in [3.8, 4) is 0 Å². The molecule has 1 aromatic heterocycles. The van der Waals surface area contributed by atoms with Gasteiger partial charge < -0.3 is 16.0 Å². The molecule has 1 aliphatic rings. The van der Waals surface area contributed by atoms with Gasteiger partial charge in [-0.2, -0.15) is 0 Å². The SMILES string of the molecule is CC(C)NC(=O)c1cccc2c1CCCN2CC(=O)c1c(N)n(Cc2ccccc2)c(=O)n(C)c1=O. The average Bonchev–Trinajstić information content (AvgIpc) is 2.85. The Hall–Kier alpha value is -4.14. The summed E-state index contributed by atoms with van der Waals surface area (Å²) in [5, 5.41) is 2.93. The highest BCUT2D eigenvalue weighted by Gasteiger charge is 2.27. The van der Waals surface area contributed by atoms with Crippen LogP contribution in [0.1, 0.15) is 52.1 Å². The molecular formula is C27H31N5O4. The molecule has 0 aliphatic carbocycles. The molecule has 0 bridgehead atoms. The number of anilines is 2. The maximum atomic E-state index is 13.5. The molecule has 0 fully saturated rings. The van der Waals surface area contributed by atoms with Crippen LogP contribution in [-0.2, 0) is 20.0 Å². The number of carbonyl (C=O) groups is 2. The first kappa shape index (κ1) is 25.0. The van der Waals surface area contributed by atoms with Crippen LogP contribution < -0.4 is 27.2 Å². The number of nitrogens with one attached hydrogen (secondary N) is 1. The van der Waals surface area contributed by atoms with Crippen LogP contribution in [0, 0.1) is 0 Å². The van der Waals surface area contributed by atoms with E-state index >= 15 is 0 Å². The van der Waals surface area contributed by atoms with Crippen molar-refractivity contribution in [2.24, 2.45) is 7.05 Å². The highest BCUT2D eigenvalue weighted by Crippen LogP contribution is 2.30. The van der Waals surface area contributed by atoms with E-state index in [1.807, 2.05) is 55.1 Å². The van der Waals surface area contributed by atoms with Gasteiger partial charge in [0.05, 0.1) is 13.1 Å². The number of amides is 1. The fourth-order valence-corrected chi connectivity index (χ4v) is 4.63. The quantitative estimate of drug-likeness (QED) is 0.490. The van der Waals surface area contributed by atoms with Crippen molar-refractivity contribution >= 4 is 23.2 Å². The molecule has 188 valence electrons. The third-order valence-corrected chi connectivity index (χ3v) is 6.39. The van der Waals surface area contributed by atoms with Crippen LogP contribution in [0.15, 0.2) is 58.1 Å². The van der Waals surface area contributed by atoms with E-state index in [0.29, 0.717) is 18.5 Å². The van der Waals surface area contributed by atoms with Gasteiger partial charge in [-0.05, 0) is 49.9 Å². The third-order valence-electron chi connectivity index (χ3n) is 6.39. The van der Waals surface area contributed by atoms with Gasteiger partial charge in [0.2, 0.25) is 0 Å². The van der Waals surface area contributed by atoms with Crippen LogP contribution in [0.25, 0.3) is 0 Å². The number of hydrogen-bond acceptors (Lipinski definition) is 6. The number of carbonyl (C=O) groups excluding carboxylic acids is 2. The van der Waals surface area contributed by atoms with E-state index in [9.17, 15) is 19.2 Å². The molecule has 0 saturated heterocycles. The lowest BCUT2D eigenvalue weighted by Gasteiger charge is -2.32. The highest BCUT2D eigenvalue weighted by atomic mass is 16.2. The molecule has 4 rings (SSSR count). The van der Waals surface area contributed by atoms with Gasteiger partial charge in [-0.1, -0.05) is 36.4 Å². The number of ketones is 1. The summed E-state index contributed by atoms with van der Waals surface area (Å²) in [5.74, 6) is -0.764. The predicted octanol–water partition coefficient (Wildman–Crippen LogP) is 1.95. The minimum Gasteiger partial charge on any atom is -0.384 e. The maximum Gasteiger partial charge on any atom is 0.332 e. The van der Waals surface area contributed by atoms with Gasteiger partial charge in [0.1, 0.15) is 11.4 Å². The van der Waals surface area contributed by atoms with Crippen molar-refractivity contribution in [1.82, 2.24) is 14.5 Å². The first-order valence-electron chi connectivity index (χ1n) is 12.0. The molecule has 0 radical (unpaired) electrons. The Bertz CT molecular complexity index is 1420. The van der Waals surface area contributed by atoms with E-state index < -0.39 is 17.0 Å². The van der Waals surface area contributed by atoms with Crippen LogP contribution >= 0.6 is 0 Å². The number of nitrogen functional groups attached to an aromatic ring is 1. The topological polar surface area (TPSA) is 119 Å². The Balaban J connectivity index is 1.68. The van der Waals surface area contributed by atoms with E-state index in [4.69, 9.17) is 5.73 Å². The van der Waals surface area contributed by atoms with E-state index in [-0.39, 0.29) is 36.4 Å². The van der Waals surface area contributed by atoms with E-state index in [1.165, 1.54) is 11.6 Å². The third kappa shape index (κ3) is 4.82. The van der Waals surface area contributed by atoms with Crippen molar-refractivity contribution in [3.05, 3.63) is 91.6 Å². The fraction of sp³-hybridized carbons (Fsp3) is 0.333. The Morgan fingerprint density at radius 1 is 1.06 bits per heavy atom. The van der Waals surface area contributed by atoms with Crippen LogP contribution in [0.4, 0.5) is 11.5 Å². The van der Waals surface area contributed by atoms with E-state index in [0.717, 1.165) is 27.8 Å². The van der Waals surface area contributed by atoms with Crippen molar-refractivity contribution < 1.29 is 9.59 Å². The zero-order chi connectivity index (χ0) is 26.0. The second-order valence-corrected chi connectivity index (χ2v) is 9.36. The monoisotopic (exact) mass is 489 g/mol. The molecule has 0 atom stereocenters. The summed E-state index contributed by atoms with van der Waals surface area (Å²) in [5.41, 5.74) is 7.85. The van der Waals surface area contributed by atoms with Crippen molar-refractivity contribution in [1.29, 1.82) is 0 Å². The number of aromatic nitrogens is 2. The van der Waals surface area contributed by atoms with E-state index in [2.05, 4.69) is 5.32 Å². The molecule has 1 amide bonds. The highest BCUT2D eigenvalue weighted by molar-refractivity contribution is 6.03. The zero-order valence-corrected chi connectivity index (χ0v) is 20.8. The number of benzene rings is 2. The van der Waals surface area contributed by atoms with Crippen LogP contribution in [0.3, 0.4) is 0 Å². The van der Waals surface area contributed by atoms with Gasteiger partial charge in [0.15, 0.2) is 5.78 Å². The molecule has 2 aromatic carbocycles. The Kier molecular flexibility index (Phi) is 7.10. The lowest BCUT2D eigenvalue weighted by molar-refractivity contribution is 0.0941. The van der Waals surface area contributed by atoms with Gasteiger partial charge in [-0.25, -0.2) is 4.79 Å². The zero-order valence-electron chi connectivity index (χ0n) is 20.8. The van der Waals surface area contributed by atoms with Crippen LogP contribution in [0.2, 0.25) is 0 Å². The minimum atomic E-state index is -0.714. The molecule has 3 N–H and O–H groups in total. The Labute approximate surface area is 209 Å². The lowest BCUT2D eigenvalue weighted by Crippen LogP contribution is -2.45. The lowest BCUT2D eigenvalue weighted by atomic mass is 9.95. The Morgan fingerprint density at radius 2 is 1.78 bits per heavy atom.